The van der Waals surface area contributed by atoms with E-state index in [1.807, 2.05) is 24.7 Å². The van der Waals surface area contributed by atoms with Crippen molar-refractivity contribution >= 4 is 38.5 Å². The van der Waals surface area contributed by atoms with Gasteiger partial charge in [0.15, 0.2) is 5.65 Å². The molecule has 9 rings (SSSR count). The second-order valence-electron chi connectivity index (χ2n) is 9.70. The molecule has 162 valence electrons. The molecule has 0 bridgehead atoms. The van der Waals surface area contributed by atoms with Crippen molar-refractivity contribution in [2.24, 2.45) is 0 Å². The first-order valence-corrected chi connectivity index (χ1v) is 12.0. The van der Waals surface area contributed by atoms with Gasteiger partial charge in [-0.05, 0) is 93.1 Å². The smallest absolute Gasteiger partial charge is 0.178 e. The zero-order chi connectivity index (χ0) is 22.7. The number of benzene rings is 3. The van der Waals surface area contributed by atoms with Gasteiger partial charge in [-0.25, -0.2) is 9.97 Å². The van der Waals surface area contributed by atoms with Crippen LogP contribution in [0.4, 0.5) is 0 Å². The highest BCUT2D eigenvalue weighted by atomic mass is 15.1. The van der Waals surface area contributed by atoms with Crippen molar-refractivity contribution in [3.63, 3.8) is 0 Å². The predicted octanol–water partition coefficient (Wildman–Crippen LogP) is 6.73. The molecule has 2 aliphatic rings. The summed E-state index contributed by atoms with van der Waals surface area (Å²) in [5.74, 6) is 0. The van der Waals surface area contributed by atoms with Gasteiger partial charge in [-0.15, -0.1) is 0 Å². The van der Waals surface area contributed by atoms with Gasteiger partial charge in [-0.2, -0.15) is 0 Å². The van der Waals surface area contributed by atoms with Crippen LogP contribution in [-0.2, 0) is 12.8 Å². The van der Waals surface area contributed by atoms with Gasteiger partial charge >= 0.3 is 0 Å². The summed E-state index contributed by atoms with van der Waals surface area (Å²) in [5.41, 5.74) is 15.1. The van der Waals surface area contributed by atoms with Gasteiger partial charge in [0, 0.05) is 29.4 Å². The number of hydrogen-bond donors (Lipinski definition) is 0. The number of nitrogens with zero attached hydrogens (tertiary/aromatic N) is 4. The summed E-state index contributed by atoms with van der Waals surface area (Å²) in [7, 11) is 0. The molecule has 0 radical (unpaired) electrons. The summed E-state index contributed by atoms with van der Waals surface area (Å²) < 4.78 is 2.24. The van der Waals surface area contributed by atoms with E-state index in [0.717, 1.165) is 45.9 Å². The van der Waals surface area contributed by atoms with Crippen molar-refractivity contribution in [2.75, 3.05) is 0 Å². The van der Waals surface area contributed by atoms with Crippen molar-refractivity contribution in [3.8, 4) is 22.3 Å². The van der Waals surface area contributed by atoms with Crippen LogP contribution in [0.15, 0.2) is 85.3 Å². The quantitative estimate of drug-likeness (QED) is 0.243. The van der Waals surface area contributed by atoms with E-state index in [1.54, 1.807) is 0 Å². The fraction of sp³-hybridized carbons (Fsp3) is 0.0645. The maximum atomic E-state index is 4.99. The Hall–Kier alpha value is -4.57. The maximum Gasteiger partial charge on any atom is 0.178 e. The molecule has 0 saturated carbocycles. The van der Waals surface area contributed by atoms with Crippen LogP contribution < -0.4 is 0 Å². The summed E-state index contributed by atoms with van der Waals surface area (Å²) in [6.07, 6.45) is 7.65. The molecule has 4 aromatic heterocycles. The fourth-order valence-corrected chi connectivity index (χ4v) is 6.51. The Morgan fingerprint density at radius 1 is 0.657 bits per heavy atom. The zero-order valence-corrected chi connectivity index (χ0v) is 18.8. The second kappa shape index (κ2) is 6.10. The van der Waals surface area contributed by atoms with E-state index < -0.39 is 0 Å². The molecule has 4 nitrogen and oxygen atoms in total. The largest absolute Gasteiger partial charge is 0.290 e. The molecule has 0 saturated heterocycles. The predicted molar refractivity (Wildman–Crippen MR) is 140 cm³/mol. The van der Waals surface area contributed by atoms with E-state index in [0.29, 0.717) is 0 Å². The number of aromatic nitrogens is 4. The molecular formula is C31H18N4. The molecule has 4 heterocycles. The Morgan fingerprint density at radius 2 is 1.63 bits per heavy atom. The monoisotopic (exact) mass is 446 g/mol. The SMILES string of the molecule is c1ccc2c(c1)Cc1ccc3c(c1-2)Cc1cc2c4cnccc4n4c5cccnc5nc4c2cc1-3. The van der Waals surface area contributed by atoms with Crippen molar-refractivity contribution < 1.29 is 0 Å². The lowest BCUT2D eigenvalue weighted by atomic mass is 9.95. The van der Waals surface area contributed by atoms with E-state index in [1.165, 1.54) is 49.9 Å². The van der Waals surface area contributed by atoms with Gasteiger partial charge < -0.3 is 0 Å². The van der Waals surface area contributed by atoms with E-state index in [2.05, 4.69) is 75.0 Å². The Balaban J connectivity index is 1.41. The number of imidazole rings is 1. The van der Waals surface area contributed by atoms with Crippen LogP contribution >= 0.6 is 0 Å². The summed E-state index contributed by atoms with van der Waals surface area (Å²) in [6, 6.07) is 24.4. The van der Waals surface area contributed by atoms with E-state index >= 15 is 0 Å². The van der Waals surface area contributed by atoms with Crippen LogP contribution in [0.25, 0.3) is 60.7 Å². The lowest BCUT2D eigenvalue weighted by Gasteiger charge is -2.11. The molecule has 0 N–H and O–H groups in total. The van der Waals surface area contributed by atoms with E-state index in [9.17, 15) is 0 Å². The highest BCUT2D eigenvalue weighted by Gasteiger charge is 2.29. The molecule has 3 aromatic carbocycles. The normalized spacial score (nSPS) is 13.5. The number of fused-ring (bicyclic) bond motifs is 15. The first-order valence-electron chi connectivity index (χ1n) is 12.0. The summed E-state index contributed by atoms with van der Waals surface area (Å²) in [6.45, 7) is 0. The Bertz CT molecular complexity index is 2070. The Morgan fingerprint density at radius 3 is 2.63 bits per heavy atom. The lowest BCUT2D eigenvalue weighted by molar-refractivity contribution is 1.23. The summed E-state index contributed by atoms with van der Waals surface area (Å²) in [4.78, 5) is 14.0. The number of rotatable bonds is 0. The van der Waals surface area contributed by atoms with Crippen LogP contribution in [0.5, 0.6) is 0 Å². The minimum absolute atomic E-state index is 0.772. The average molecular weight is 447 g/mol. The van der Waals surface area contributed by atoms with Crippen molar-refractivity contribution in [2.45, 2.75) is 12.8 Å². The molecule has 0 amide bonds. The molecule has 0 fully saturated rings. The minimum atomic E-state index is 0.772. The van der Waals surface area contributed by atoms with Crippen LogP contribution in [0.3, 0.4) is 0 Å². The van der Waals surface area contributed by atoms with Crippen molar-refractivity contribution in [1.82, 2.24) is 19.4 Å². The average Bonchev–Trinajstić information content (AvgIpc) is 3.58. The van der Waals surface area contributed by atoms with Crippen LogP contribution in [-0.4, -0.2) is 19.4 Å². The van der Waals surface area contributed by atoms with Crippen LogP contribution in [0, 0.1) is 0 Å². The van der Waals surface area contributed by atoms with Crippen LogP contribution in [0.2, 0.25) is 0 Å². The van der Waals surface area contributed by atoms with Crippen molar-refractivity contribution in [3.05, 3.63) is 108 Å². The number of hydrogen-bond acceptors (Lipinski definition) is 3. The lowest BCUT2D eigenvalue weighted by Crippen LogP contribution is -1.93. The van der Waals surface area contributed by atoms with Gasteiger partial charge in [0.05, 0.1) is 11.0 Å². The molecule has 4 heteroatoms. The molecule has 0 atom stereocenters. The van der Waals surface area contributed by atoms with E-state index in [-0.39, 0.29) is 0 Å². The third-order valence-electron chi connectivity index (χ3n) is 7.97. The highest BCUT2D eigenvalue weighted by molar-refractivity contribution is 6.15. The minimum Gasteiger partial charge on any atom is -0.290 e. The highest BCUT2D eigenvalue weighted by Crippen LogP contribution is 2.49. The van der Waals surface area contributed by atoms with Gasteiger partial charge in [-0.1, -0.05) is 36.4 Å². The van der Waals surface area contributed by atoms with Crippen molar-refractivity contribution in [1.29, 1.82) is 0 Å². The topological polar surface area (TPSA) is 43.1 Å². The molecule has 0 aliphatic heterocycles. The molecule has 0 spiro atoms. The van der Waals surface area contributed by atoms with Gasteiger partial charge in [-0.3, -0.25) is 9.38 Å². The zero-order valence-electron chi connectivity index (χ0n) is 18.8. The molecule has 0 unspecified atom stereocenters. The molecular weight excluding hydrogens is 428 g/mol. The third kappa shape index (κ3) is 2.15. The number of pyridine rings is 3. The van der Waals surface area contributed by atoms with Gasteiger partial charge in [0.1, 0.15) is 5.65 Å². The standard InChI is InChI=1S/C31H18N4/c1-2-5-20-17(4-1)12-18-7-8-21-22-15-25-23(13-19(22)14-24(21)29(18)20)26-16-32-11-9-27(26)35-28-6-3-10-33-30(28)34-31(25)35/h1-11,13,15-16H,12,14H2. The molecule has 7 aromatic rings. The first-order chi connectivity index (χ1) is 17.3. The summed E-state index contributed by atoms with van der Waals surface area (Å²) in [5, 5.41) is 3.50. The van der Waals surface area contributed by atoms with Gasteiger partial charge in [0.25, 0.3) is 0 Å². The second-order valence-corrected chi connectivity index (χ2v) is 9.70. The Labute approximate surface area is 200 Å². The maximum absolute atomic E-state index is 4.99. The Kier molecular flexibility index (Phi) is 3.11. The molecule has 2 aliphatic carbocycles. The van der Waals surface area contributed by atoms with Gasteiger partial charge in [0.2, 0.25) is 0 Å². The van der Waals surface area contributed by atoms with Crippen LogP contribution in [0.1, 0.15) is 22.3 Å². The van der Waals surface area contributed by atoms with E-state index in [4.69, 9.17) is 4.98 Å². The third-order valence-corrected chi connectivity index (χ3v) is 7.97. The molecule has 35 heavy (non-hydrogen) atoms. The fourth-order valence-electron chi connectivity index (χ4n) is 6.51. The summed E-state index contributed by atoms with van der Waals surface area (Å²) >= 11 is 0. The first kappa shape index (κ1) is 17.8.